The zero-order valence-corrected chi connectivity index (χ0v) is 15.3. The molecule has 2 bridgehead atoms. The van der Waals surface area contributed by atoms with Crippen molar-refractivity contribution < 1.29 is 19.3 Å². The van der Waals surface area contributed by atoms with E-state index in [0.717, 1.165) is 56.6 Å². The SMILES string of the molecule is COc1cc2c3c4c1O[C@@]1(OC)C[C@]4(CC[C@H]1O)CC[C@@H]3N(C)CC2. The summed E-state index contributed by atoms with van der Waals surface area (Å²) in [5, 5.41) is 10.7. The van der Waals surface area contributed by atoms with Gasteiger partial charge in [0.25, 0.3) is 0 Å². The van der Waals surface area contributed by atoms with Crippen molar-refractivity contribution in [3.8, 4) is 11.5 Å². The van der Waals surface area contributed by atoms with Crippen molar-refractivity contribution >= 4 is 0 Å². The number of hydrogen-bond donors (Lipinski definition) is 1. The van der Waals surface area contributed by atoms with E-state index in [1.54, 1.807) is 14.2 Å². The normalized spacial score (nSPS) is 38.7. The molecule has 4 atom stereocenters. The van der Waals surface area contributed by atoms with E-state index < -0.39 is 11.9 Å². The first kappa shape index (κ1) is 15.9. The Morgan fingerprint density at radius 3 is 2.84 bits per heavy atom. The number of ether oxygens (including phenoxy) is 3. The van der Waals surface area contributed by atoms with Gasteiger partial charge in [-0.2, -0.15) is 0 Å². The highest BCUT2D eigenvalue weighted by Crippen LogP contribution is 2.63. The fourth-order valence-electron chi connectivity index (χ4n) is 5.91. The van der Waals surface area contributed by atoms with Crippen LogP contribution in [0.1, 0.15) is 54.8 Å². The standard InChI is InChI=1S/C20H27NO4/c1-21-9-6-12-10-14(23-2)18-17-16(12)13(21)4-7-19(17)8-5-15(22)20(11-19,24-3)25-18/h10,13,15,22H,4-9,11H2,1-3H3/t13-,15+,19+,20-/m0/s1. The van der Waals surface area contributed by atoms with E-state index in [-0.39, 0.29) is 5.41 Å². The van der Waals surface area contributed by atoms with Crippen molar-refractivity contribution in [1.82, 2.24) is 4.90 Å². The molecule has 5 rings (SSSR count). The molecule has 1 fully saturated rings. The molecule has 136 valence electrons. The smallest absolute Gasteiger partial charge is 0.237 e. The largest absolute Gasteiger partial charge is 0.493 e. The van der Waals surface area contributed by atoms with Crippen LogP contribution in [-0.4, -0.2) is 49.7 Å². The van der Waals surface area contributed by atoms with Gasteiger partial charge >= 0.3 is 0 Å². The van der Waals surface area contributed by atoms with E-state index in [0.29, 0.717) is 6.04 Å². The van der Waals surface area contributed by atoms with Crippen LogP contribution in [0.25, 0.3) is 0 Å². The van der Waals surface area contributed by atoms with Gasteiger partial charge in [-0.05, 0) is 56.3 Å². The summed E-state index contributed by atoms with van der Waals surface area (Å²) in [7, 11) is 5.59. The van der Waals surface area contributed by atoms with Gasteiger partial charge in [0, 0.05) is 37.1 Å². The minimum absolute atomic E-state index is 0.0378. The predicted octanol–water partition coefficient (Wildman–Crippen LogP) is 2.54. The Bertz CT molecular complexity index is 735. The van der Waals surface area contributed by atoms with Gasteiger partial charge in [-0.3, -0.25) is 4.90 Å². The summed E-state index contributed by atoms with van der Waals surface area (Å²) in [6, 6.07) is 2.63. The van der Waals surface area contributed by atoms with Crippen LogP contribution in [0.4, 0.5) is 0 Å². The molecule has 2 aliphatic carbocycles. The Balaban J connectivity index is 1.80. The third-order valence-electron chi connectivity index (χ3n) is 7.23. The molecule has 0 saturated heterocycles. The molecule has 5 nitrogen and oxygen atoms in total. The van der Waals surface area contributed by atoms with Crippen LogP contribution in [0, 0.1) is 0 Å². The summed E-state index contributed by atoms with van der Waals surface area (Å²) < 4.78 is 17.9. The van der Waals surface area contributed by atoms with Crippen molar-refractivity contribution in [3.63, 3.8) is 0 Å². The molecular weight excluding hydrogens is 318 g/mol. The highest BCUT2D eigenvalue weighted by atomic mass is 16.7. The first-order valence-electron chi connectivity index (χ1n) is 9.40. The van der Waals surface area contributed by atoms with Crippen LogP contribution >= 0.6 is 0 Å². The first-order valence-corrected chi connectivity index (χ1v) is 9.40. The van der Waals surface area contributed by atoms with Crippen molar-refractivity contribution in [1.29, 1.82) is 0 Å². The summed E-state index contributed by atoms with van der Waals surface area (Å²) in [6.45, 7) is 1.09. The van der Waals surface area contributed by atoms with E-state index in [9.17, 15) is 5.11 Å². The topological polar surface area (TPSA) is 51.2 Å². The summed E-state index contributed by atoms with van der Waals surface area (Å²) in [6.07, 6.45) is 5.19. The van der Waals surface area contributed by atoms with E-state index in [1.807, 2.05) is 0 Å². The monoisotopic (exact) mass is 345 g/mol. The Kier molecular flexibility index (Phi) is 3.26. The van der Waals surface area contributed by atoms with Crippen molar-refractivity contribution in [2.75, 3.05) is 27.8 Å². The number of benzene rings is 1. The van der Waals surface area contributed by atoms with E-state index in [1.165, 1.54) is 16.7 Å². The molecule has 1 aromatic rings. The van der Waals surface area contributed by atoms with E-state index >= 15 is 0 Å². The maximum Gasteiger partial charge on any atom is 0.237 e. The number of aliphatic hydroxyl groups is 1. The van der Waals surface area contributed by atoms with Gasteiger partial charge in [0.15, 0.2) is 11.5 Å². The minimum Gasteiger partial charge on any atom is -0.493 e. The zero-order valence-electron chi connectivity index (χ0n) is 15.3. The third kappa shape index (κ3) is 1.89. The summed E-state index contributed by atoms with van der Waals surface area (Å²) >= 11 is 0. The lowest BCUT2D eigenvalue weighted by molar-refractivity contribution is -0.262. The zero-order chi connectivity index (χ0) is 17.4. The maximum atomic E-state index is 10.7. The maximum absolute atomic E-state index is 10.7. The first-order chi connectivity index (χ1) is 12.0. The summed E-state index contributed by atoms with van der Waals surface area (Å²) in [5.74, 6) is 0.659. The van der Waals surface area contributed by atoms with Crippen LogP contribution in [0.5, 0.6) is 11.5 Å². The number of fused-ring (bicyclic) bond motifs is 1. The van der Waals surface area contributed by atoms with Crippen molar-refractivity contribution in [3.05, 3.63) is 22.8 Å². The fraction of sp³-hybridized carbons (Fsp3) is 0.700. The molecule has 1 N–H and O–H groups in total. The molecule has 0 aromatic heterocycles. The Labute approximate surface area is 148 Å². The van der Waals surface area contributed by atoms with Gasteiger partial charge in [0.2, 0.25) is 5.79 Å². The van der Waals surface area contributed by atoms with Gasteiger partial charge in [0.1, 0.15) is 6.10 Å². The highest BCUT2D eigenvalue weighted by Gasteiger charge is 2.60. The number of nitrogens with zero attached hydrogens (tertiary/aromatic N) is 1. The number of hydrogen-bond acceptors (Lipinski definition) is 5. The lowest BCUT2D eigenvalue weighted by Crippen LogP contribution is -2.61. The van der Waals surface area contributed by atoms with Crippen LogP contribution in [0.15, 0.2) is 6.07 Å². The van der Waals surface area contributed by atoms with Crippen LogP contribution in [0.3, 0.4) is 0 Å². The highest BCUT2D eigenvalue weighted by molar-refractivity contribution is 5.62. The molecule has 1 spiro atoms. The molecule has 4 aliphatic rings. The molecule has 2 heterocycles. The van der Waals surface area contributed by atoms with Gasteiger partial charge < -0.3 is 19.3 Å². The van der Waals surface area contributed by atoms with Gasteiger partial charge in [-0.15, -0.1) is 0 Å². The molecule has 0 radical (unpaired) electrons. The second-order valence-electron chi connectivity index (χ2n) is 8.27. The number of rotatable bonds is 2. The van der Waals surface area contributed by atoms with E-state index in [4.69, 9.17) is 14.2 Å². The van der Waals surface area contributed by atoms with Crippen molar-refractivity contribution in [2.24, 2.45) is 0 Å². The predicted molar refractivity (Wildman–Crippen MR) is 93.2 cm³/mol. The molecule has 0 amide bonds. The van der Waals surface area contributed by atoms with Crippen molar-refractivity contribution in [2.45, 2.75) is 61.9 Å². The average Bonchev–Trinajstić information content (AvgIpc) is 2.64. The minimum atomic E-state index is -0.944. The molecule has 1 saturated carbocycles. The molecule has 5 heteroatoms. The fourth-order valence-corrected chi connectivity index (χ4v) is 5.91. The molecular formula is C20H27NO4. The third-order valence-corrected chi connectivity index (χ3v) is 7.23. The lowest BCUT2D eigenvalue weighted by Gasteiger charge is -2.58. The number of aliphatic hydroxyl groups excluding tert-OH is 1. The molecule has 25 heavy (non-hydrogen) atoms. The van der Waals surface area contributed by atoms with Gasteiger partial charge in [-0.25, -0.2) is 0 Å². The van der Waals surface area contributed by atoms with E-state index in [2.05, 4.69) is 18.0 Å². The van der Waals surface area contributed by atoms with Crippen LogP contribution < -0.4 is 9.47 Å². The average molecular weight is 345 g/mol. The quantitative estimate of drug-likeness (QED) is 0.893. The lowest BCUT2D eigenvalue weighted by atomic mass is 9.57. The van der Waals surface area contributed by atoms with Crippen LogP contribution in [0.2, 0.25) is 0 Å². The molecule has 1 aromatic carbocycles. The molecule has 2 aliphatic heterocycles. The van der Waals surface area contributed by atoms with Gasteiger partial charge in [-0.1, -0.05) is 0 Å². The Morgan fingerprint density at radius 1 is 1.28 bits per heavy atom. The molecule has 0 unspecified atom stereocenters. The van der Waals surface area contributed by atoms with Gasteiger partial charge in [0.05, 0.1) is 7.11 Å². The summed E-state index contributed by atoms with van der Waals surface area (Å²) in [5.41, 5.74) is 4.27. The second-order valence-corrected chi connectivity index (χ2v) is 8.27. The Hall–Kier alpha value is -1.30. The summed E-state index contributed by atoms with van der Waals surface area (Å²) in [4.78, 5) is 2.48. The number of likely N-dealkylation sites (N-methyl/N-ethyl adjacent to an activating group) is 1. The number of methoxy groups -OCH3 is 2. The Morgan fingerprint density at radius 2 is 2.08 bits per heavy atom. The van der Waals surface area contributed by atoms with Crippen LogP contribution in [-0.2, 0) is 16.6 Å². The second kappa shape index (κ2) is 5.12.